The number of benzene rings is 2. The highest BCUT2D eigenvalue weighted by atomic mass is 19.1. The van der Waals surface area contributed by atoms with Gasteiger partial charge in [0.1, 0.15) is 11.6 Å². The lowest BCUT2D eigenvalue weighted by molar-refractivity contribution is -0.138. The van der Waals surface area contributed by atoms with Crippen LogP contribution in [0.3, 0.4) is 0 Å². The van der Waals surface area contributed by atoms with E-state index in [1.165, 1.54) is 24.3 Å². The van der Waals surface area contributed by atoms with Crippen molar-refractivity contribution in [3.05, 3.63) is 65.5 Å². The highest BCUT2D eigenvalue weighted by molar-refractivity contribution is 6.09. The lowest BCUT2D eigenvalue weighted by atomic mass is 10.0. The average molecular weight is 314 g/mol. The molecule has 0 fully saturated rings. The predicted molar refractivity (Wildman–Crippen MR) is 86.0 cm³/mol. The Labute approximate surface area is 135 Å². The average Bonchev–Trinajstić information content (AvgIpc) is 2.56. The molecule has 2 rings (SSSR count). The zero-order chi connectivity index (χ0) is 16.8. The first kappa shape index (κ1) is 16.9. The van der Waals surface area contributed by atoms with Crippen molar-refractivity contribution in [2.45, 2.75) is 26.7 Å². The summed E-state index contributed by atoms with van der Waals surface area (Å²) in [7, 11) is 0. The van der Waals surface area contributed by atoms with E-state index in [-0.39, 0.29) is 23.5 Å². The van der Waals surface area contributed by atoms with Gasteiger partial charge in [0.2, 0.25) is 0 Å². The first-order valence-electron chi connectivity index (χ1n) is 7.63. The van der Waals surface area contributed by atoms with Crippen LogP contribution >= 0.6 is 0 Å². The molecule has 0 aliphatic heterocycles. The van der Waals surface area contributed by atoms with Crippen LogP contribution in [-0.4, -0.2) is 11.8 Å². The van der Waals surface area contributed by atoms with Crippen LogP contribution in [0.5, 0.6) is 5.75 Å². The fourth-order valence-corrected chi connectivity index (χ4v) is 2.21. The Morgan fingerprint density at radius 2 is 1.52 bits per heavy atom. The minimum atomic E-state index is -0.384. The van der Waals surface area contributed by atoms with Gasteiger partial charge in [0.15, 0.2) is 5.78 Å². The van der Waals surface area contributed by atoms with Gasteiger partial charge in [0.25, 0.3) is 0 Å². The summed E-state index contributed by atoms with van der Waals surface area (Å²) in [5, 5.41) is 0. The van der Waals surface area contributed by atoms with E-state index in [1.54, 1.807) is 24.3 Å². The van der Waals surface area contributed by atoms with E-state index in [0.717, 1.165) is 12.8 Å². The summed E-state index contributed by atoms with van der Waals surface area (Å²) in [5.74, 6) is -0.606. The van der Waals surface area contributed by atoms with Crippen molar-refractivity contribution in [3.63, 3.8) is 0 Å². The maximum Gasteiger partial charge on any atom is 0.314 e. The number of carbonyl (C=O) groups excluding carboxylic acids is 2. The zero-order valence-electron chi connectivity index (χ0n) is 13.2. The predicted octanol–water partition coefficient (Wildman–Crippen LogP) is 4.40. The summed E-state index contributed by atoms with van der Waals surface area (Å²) in [5.41, 5.74) is 0.866. The summed E-state index contributed by atoms with van der Waals surface area (Å²) in [4.78, 5) is 24.1. The van der Waals surface area contributed by atoms with E-state index in [1.807, 2.05) is 13.8 Å². The van der Waals surface area contributed by atoms with Crippen LogP contribution in [0.25, 0.3) is 0 Å². The first-order valence-corrected chi connectivity index (χ1v) is 7.63. The standard InChI is InChI=1S/C19H19FO3/c1-3-4-13(2)19(22)23-17-11-7-15(8-12-17)18(21)14-5-9-16(20)10-6-14/h5-13H,3-4H2,1-2H3. The van der Waals surface area contributed by atoms with E-state index >= 15 is 0 Å². The lowest BCUT2D eigenvalue weighted by Gasteiger charge is -2.10. The van der Waals surface area contributed by atoms with Crippen molar-refractivity contribution in [3.8, 4) is 5.75 Å². The molecular formula is C19H19FO3. The third-order valence-corrected chi connectivity index (χ3v) is 3.57. The molecule has 0 aliphatic rings. The molecule has 0 saturated heterocycles. The fourth-order valence-electron chi connectivity index (χ4n) is 2.21. The smallest absolute Gasteiger partial charge is 0.314 e. The highest BCUT2D eigenvalue weighted by Gasteiger charge is 2.15. The second kappa shape index (κ2) is 7.68. The molecule has 0 saturated carbocycles. The Hall–Kier alpha value is -2.49. The molecule has 0 radical (unpaired) electrons. The maximum absolute atomic E-state index is 12.9. The van der Waals surface area contributed by atoms with Crippen molar-refractivity contribution in [1.82, 2.24) is 0 Å². The van der Waals surface area contributed by atoms with E-state index in [9.17, 15) is 14.0 Å². The third-order valence-electron chi connectivity index (χ3n) is 3.57. The van der Waals surface area contributed by atoms with E-state index < -0.39 is 0 Å². The molecule has 0 amide bonds. The minimum Gasteiger partial charge on any atom is -0.426 e. The van der Waals surface area contributed by atoms with Gasteiger partial charge in [-0.2, -0.15) is 0 Å². The van der Waals surface area contributed by atoms with Gasteiger partial charge >= 0.3 is 5.97 Å². The van der Waals surface area contributed by atoms with E-state index in [4.69, 9.17) is 4.74 Å². The Morgan fingerprint density at radius 3 is 2.04 bits per heavy atom. The van der Waals surface area contributed by atoms with Crippen molar-refractivity contribution in [2.75, 3.05) is 0 Å². The number of carbonyl (C=O) groups is 2. The van der Waals surface area contributed by atoms with Crippen LogP contribution in [0.1, 0.15) is 42.6 Å². The second-order valence-electron chi connectivity index (χ2n) is 5.47. The summed E-state index contributed by atoms with van der Waals surface area (Å²) >= 11 is 0. The molecule has 1 atom stereocenters. The fraction of sp³-hybridized carbons (Fsp3) is 0.263. The number of halogens is 1. The van der Waals surface area contributed by atoms with Crippen molar-refractivity contribution >= 4 is 11.8 Å². The summed E-state index contributed by atoms with van der Waals surface area (Å²) in [6.07, 6.45) is 1.70. The van der Waals surface area contributed by atoms with E-state index in [2.05, 4.69) is 0 Å². The van der Waals surface area contributed by atoms with Crippen LogP contribution in [0.2, 0.25) is 0 Å². The Bertz CT molecular complexity index is 675. The quantitative estimate of drug-likeness (QED) is 0.451. The van der Waals surface area contributed by atoms with Gasteiger partial charge in [-0.05, 0) is 55.0 Å². The number of esters is 1. The van der Waals surface area contributed by atoms with Gasteiger partial charge < -0.3 is 4.74 Å². The highest BCUT2D eigenvalue weighted by Crippen LogP contribution is 2.18. The molecule has 0 aromatic heterocycles. The van der Waals surface area contributed by atoms with Crippen LogP contribution < -0.4 is 4.74 Å². The summed E-state index contributed by atoms with van der Waals surface area (Å²) in [6, 6.07) is 11.8. The second-order valence-corrected chi connectivity index (χ2v) is 5.47. The molecule has 120 valence electrons. The molecule has 0 aliphatic carbocycles. The third kappa shape index (κ3) is 4.49. The Morgan fingerprint density at radius 1 is 1.00 bits per heavy atom. The van der Waals surface area contributed by atoms with Crippen LogP contribution in [0.4, 0.5) is 4.39 Å². The van der Waals surface area contributed by atoms with Gasteiger partial charge in [0, 0.05) is 11.1 Å². The number of ketones is 1. The topological polar surface area (TPSA) is 43.4 Å². The molecule has 3 nitrogen and oxygen atoms in total. The number of hydrogen-bond donors (Lipinski definition) is 0. The van der Waals surface area contributed by atoms with Gasteiger partial charge in [-0.15, -0.1) is 0 Å². The van der Waals surface area contributed by atoms with E-state index in [0.29, 0.717) is 16.9 Å². The van der Waals surface area contributed by atoms with Crippen LogP contribution in [0, 0.1) is 11.7 Å². The maximum atomic E-state index is 12.9. The Balaban J connectivity index is 2.05. The lowest BCUT2D eigenvalue weighted by Crippen LogP contribution is -2.17. The normalized spacial score (nSPS) is 11.8. The van der Waals surface area contributed by atoms with Gasteiger partial charge in [-0.3, -0.25) is 9.59 Å². The molecular weight excluding hydrogens is 295 g/mol. The molecule has 2 aromatic rings. The molecule has 0 bridgehead atoms. The Kier molecular flexibility index (Phi) is 5.63. The van der Waals surface area contributed by atoms with Crippen molar-refractivity contribution < 1.29 is 18.7 Å². The van der Waals surface area contributed by atoms with Gasteiger partial charge in [0.05, 0.1) is 5.92 Å². The van der Waals surface area contributed by atoms with Crippen molar-refractivity contribution in [2.24, 2.45) is 5.92 Å². The van der Waals surface area contributed by atoms with Crippen molar-refractivity contribution in [1.29, 1.82) is 0 Å². The molecule has 1 unspecified atom stereocenters. The van der Waals surface area contributed by atoms with Crippen LogP contribution in [-0.2, 0) is 4.79 Å². The van der Waals surface area contributed by atoms with Crippen LogP contribution in [0.15, 0.2) is 48.5 Å². The summed E-state index contributed by atoms with van der Waals surface area (Å²) in [6.45, 7) is 3.85. The largest absolute Gasteiger partial charge is 0.426 e. The minimum absolute atomic E-state index is 0.152. The summed E-state index contributed by atoms with van der Waals surface area (Å²) < 4.78 is 18.2. The van der Waals surface area contributed by atoms with Gasteiger partial charge in [-0.1, -0.05) is 20.3 Å². The molecule has 0 N–H and O–H groups in total. The SMILES string of the molecule is CCCC(C)C(=O)Oc1ccc(C(=O)c2ccc(F)cc2)cc1. The molecule has 23 heavy (non-hydrogen) atoms. The number of hydrogen-bond acceptors (Lipinski definition) is 3. The molecule has 2 aromatic carbocycles. The molecule has 0 heterocycles. The number of rotatable bonds is 6. The number of ether oxygens (including phenoxy) is 1. The zero-order valence-corrected chi connectivity index (χ0v) is 13.2. The molecule has 0 spiro atoms. The molecule has 4 heteroatoms. The monoisotopic (exact) mass is 314 g/mol. The van der Waals surface area contributed by atoms with Gasteiger partial charge in [-0.25, -0.2) is 4.39 Å². The first-order chi connectivity index (χ1) is 11.0.